The van der Waals surface area contributed by atoms with Gasteiger partial charge >= 0.3 is 5.97 Å². The second-order valence-electron chi connectivity index (χ2n) is 4.83. The third-order valence-corrected chi connectivity index (χ3v) is 3.90. The van der Waals surface area contributed by atoms with Gasteiger partial charge in [0.1, 0.15) is 0 Å². The van der Waals surface area contributed by atoms with Crippen LogP contribution in [-0.4, -0.2) is 16.8 Å². The molecular weight excluding hydrogens is 232 g/mol. The monoisotopic (exact) mass is 252 g/mol. The molecule has 0 heterocycles. The maximum absolute atomic E-state index is 10.9. The minimum atomic E-state index is -0.703. The second kappa shape index (κ2) is 6.70. The molecule has 0 fully saturated rings. The molecule has 2 nitrogen and oxygen atoms in total. The lowest BCUT2D eigenvalue weighted by molar-refractivity contribution is -0.147. The molecule has 1 N–H and O–H groups in total. The first-order valence-corrected chi connectivity index (χ1v) is 7.03. The summed E-state index contributed by atoms with van der Waals surface area (Å²) in [5, 5.41) is 8.97. The first-order chi connectivity index (χ1) is 8.02. The van der Waals surface area contributed by atoms with Gasteiger partial charge in [0.25, 0.3) is 0 Å². The molecule has 0 aliphatic rings. The normalized spacial score (nSPS) is 11.4. The van der Waals surface area contributed by atoms with Crippen LogP contribution in [0.1, 0.15) is 32.3 Å². The van der Waals surface area contributed by atoms with Crippen LogP contribution in [0.15, 0.2) is 30.3 Å². The van der Waals surface area contributed by atoms with Crippen molar-refractivity contribution in [2.75, 3.05) is 5.75 Å². The molecular formula is C14H20O2S. The van der Waals surface area contributed by atoms with Crippen molar-refractivity contribution >= 4 is 17.7 Å². The molecule has 17 heavy (non-hydrogen) atoms. The van der Waals surface area contributed by atoms with Crippen molar-refractivity contribution in [3.8, 4) is 0 Å². The molecule has 0 unspecified atom stereocenters. The average Bonchev–Trinajstić information content (AvgIpc) is 2.29. The number of rotatable bonds is 7. The van der Waals surface area contributed by atoms with Gasteiger partial charge < -0.3 is 5.11 Å². The van der Waals surface area contributed by atoms with Gasteiger partial charge in [0.15, 0.2) is 0 Å². The van der Waals surface area contributed by atoms with E-state index in [0.717, 1.165) is 24.3 Å². The maximum Gasteiger partial charge on any atom is 0.309 e. The Labute approximate surface area is 107 Å². The SMILES string of the molecule is CC(C)(CCCSCc1ccccc1)C(=O)O. The van der Waals surface area contributed by atoms with Crippen molar-refractivity contribution in [1.82, 2.24) is 0 Å². The van der Waals surface area contributed by atoms with Crippen LogP contribution >= 0.6 is 11.8 Å². The highest BCUT2D eigenvalue weighted by Crippen LogP contribution is 2.24. The molecule has 3 heteroatoms. The molecule has 1 aromatic carbocycles. The molecule has 1 aromatic rings. The van der Waals surface area contributed by atoms with Crippen LogP contribution in [-0.2, 0) is 10.5 Å². The predicted octanol–water partition coefficient (Wildman–Crippen LogP) is 3.81. The lowest BCUT2D eigenvalue weighted by Gasteiger charge is -2.18. The van der Waals surface area contributed by atoms with Gasteiger partial charge in [-0.1, -0.05) is 30.3 Å². The zero-order valence-electron chi connectivity index (χ0n) is 10.5. The third kappa shape index (κ3) is 5.26. The smallest absolute Gasteiger partial charge is 0.309 e. The molecule has 0 spiro atoms. The fraction of sp³-hybridized carbons (Fsp3) is 0.500. The Kier molecular flexibility index (Phi) is 5.56. The summed E-state index contributed by atoms with van der Waals surface area (Å²) in [6.07, 6.45) is 1.70. The zero-order chi connectivity index (χ0) is 12.7. The topological polar surface area (TPSA) is 37.3 Å². The number of hydrogen-bond acceptors (Lipinski definition) is 2. The minimum Gasteiger partial charge on any atom is -0.481 e. The molecule has 94 valence electrons. The van der Waals surface area contributed by atoms with E-state index in [-0.39, 0.29) is 0 Å². The Morgan fingerprint density at radius 2 is 1.94 bits per heavy atom. The lowest BCUT2D eigenvalue weighted by Crippen LogP contribution is -2.23. The van der Waals surface area contributed by atoms with Gasteiger partial charge in [-0.3, -0.25) is 4.79 Å². The Hall–Kier alpha value is -0.960. The molecule has 0 saturated carbocycles. The zero-order valence-corrected chi connectivity index (χ0v) is 11.3. The summed E-state index contributed by atoms with van der Waals surface area (Å²) < 4.78 is 0. The van der Waals surface area contributed by atoms with E-state index in [4.69, 9.17) is 5.11 Å². The molecule has 0 amide bonds. The molecule has 1 rings (SSSR count). The van der Waals surface area contributed by atoms with E-state index in [9.17, 15) is 4.79 Å². The summed E-state index contributed by atoms with van der Waals surface area (Å²) in [4.78, 5) is 10.9. The van der Waals surface area contributed by atoms with Gasteiger partial charge in [-0.2, -0.15) is 11.8 Å². The minimum absolute atomic E-state index is 0.590. The summed E-state index contributed by atoms with van der Waals surface area (Å²) >= 11 is 1.87. The average molecular weight is 252 g/mol. The highest BCUT2D eigenvalue weighted by molar-refractivity contribution is 7.98. The molecule has 0 aliphatic heterocycles. The van der Waals surface area contributed by atoms with E-state index in [0.29, 0.717) is 0 Å². The van der Waals surface area contributed by atoms with E-state index in [1.807, 2.05) is 30.0 Å². The lowest BCUT2D eigenvalue weighted by atomic mass is 9.88. The number of carboxylic acids is 1. The summed E-state index contributed by atoms with van der Waals surface area (Å²) in [5.41, 5.74) is 0.739. The molecule has 0 radical (unpaired) electrons. The quantitative estimate of drug-likeness (QED) is 0.750. The number of carbonyl (C=O) groups is 1. The van der Waals surface area contributed by atoms with Crippen LogP contribution in [0.2, 0.25) is 0 Å². The van der Waals surface area contributed by atoms with Crippen molar-refractivity contribution in [2.24, 2.45) is 5.41 Å². The van der Waals surface area contributed by atoms with Gasteiger partial charge in [0.05, 0.1) is 5.41 Å². The number of aliphatic carboxylic acids is 1. The largest absolute Gasteiger partial charge is 0.481 e. The van der Waals surface area contributed by atoms with Crippen LogP contribution in [0, 0.1) is 5.41 Å². The van der Waals surface area contributed by atoms with Crippen LogP contribution in [0.5, 0.6) is 0 Å². The van der Waals surface area contributed by atoms with Crippen LogP contribution in [0.25, 0.3) is 0 Å². The van der Waals surface area contributed by atoms with Crippen molar-refractivity contribution in [1.29, 1.82) is 0 Å². The second-order valence-corrected chi connectivity index (χ2v) is 5.94. The maximum atomic E-state index is 10.9. The van der Waals surface area contributed by atoms with Crippen molar-refractivity contribution in [2.45, 2.75) is 32.4 Å². The van der Waals surface area contributed by atoms with Gasteiger partial charge in [0, 0.05) is 5.75 Å². The fourth-order valence-corrected chi connectivity index (χ4v) is 2.41. The van der Waals surface area contributed by atoms with Gasteiger partial charge in [-0.25, -0.2) is 0 Å². The van der Waals surface area contributed by atoms with E-state index in [2.05, 4.69) is 12.1 Å². The van der Waals surface area contributed by atoms with E-state index in [1.54, 1.807) is 13.8 Å². The summed E-state index contributed by atoms with van der Waals surface area (Å²) in [6, 6.07) is 10.3. The van der Waals surface area contributed by atoms with Gasteiger partial charge in [-0.15, -0.1) is 0 Å². The van der Waals surface area contributed by atoms with Crippen molar-refractivity contribution < 1.29 is 9.90 Å². The molecule has 0 aliphatic carbocycles. The molecule has 0 aromatic heterocycles. The standard InChI is InChI=1S/C14H20O2S/c1-14(2,13(15)16)9-6-10-17-11-12-7-4-3-5-8-12/h3-5,7-8H,6,9-11H2,1-2H3,(H,15,16). The van der Waals surface area contributed by atoms with Crippen molar-refractivity contribution in [3.05, 3.63) is 35.9 Å². The molecule has 0 atom stereocenters. The van der Waals surface area contributed by atoms with E-state index in [1.165, 1.54) is 5.56 Å². The van der Waals surface area contributed by atoms with Gasteiger partial charge in [0.2, 0.25) is 0 Å². The van der Waals surface area contributed by atoms with E-state index >= 15 is 0 Å². The van der Waals surface area contributed by atoms with Crippen molar-refractivity contribution in [3.63, 3.8) is 0 Å². The highest BCUT2D eigenvalue weighted by atomic mass is 32.2. The van der Waals surface area contributed by atoms with Crippen LogP contribution < -0.4 is 0 Å². The highest BCUT2D eigenvalue weighted by Gasteiger charge is 2.25. The summed E-state index contributed by atoms with van der Waals surface area (Å²) in [6.45, 7) is 3.58. The summed E-state index contributed by atoms with van der Waals surface area (Å²) in [7, 11) is 0. The van der Waals surface area contributed by atoms with Gasteiger partial charge in [-0.05, 0) is 38.0 Å². The number of carboxylic acid groups (broad SMARTS) is 1. The molecule has 0 saturated heterocycles. The number of thioether (sulfide) groups is 1. The van der Waals surface area contributed by atoms with E-state index < -0.39 is 11.4 Å². The molecule has 0 bridgehead atoms. The fourth-order valence-electron chi connectivity index (χ4n) is 1.49. The Morgan fingerprint density at radius 1 is 1.29 bits per heavy atom. The Balaban J connectivity index is 2.15. The predicted molar refractivity (Wildman–Crippen MR) is 73.3 cm³/mol. The number of benzene rings is 1. The Morgan fingerprint density at radius 3 is 2.53 bits per heavy atom. The number of hydrogen-bond donors (Lipinski definition) is 1. The summed E-state index contributed by atoms with van der Waals surface area (Å²) in [5.74, 6) is 1.32. The first-order valence-electron chi connectivity index (χ1n) is 5.87. The van der Waals surface area contributed by atoms with Crippen LogP contribution in [0.3, 0.4) is 0 Å². The van der Waals surface area contributed by atoms with Crippen LogP contribution in [0.4, 0.5) is 0 Å². The Bertz CT molecular complexity index is 346. The first kappa shape index (κ1) is 14.1. The third-order valence-electron chi connectivity index (χ3n) is 2.78.